The van der Waals surface area contributed by atoms with Crippen LogP contribution in [0.5, 0.6) is 0 Å². The summed E-state index contributed by atoms with van der Waals surface area (Å²) in [4.78, 5) is 16.1. The zero-order chi connectivity index (χ0) is 18.6. The Bertz CT molecular complexity index is 616. The molecule has 8 heteroatoms. The Morgan fingerprint density at radius 3 is 2.33 bits per heavy atom. The van der Waals surface area contributed by atoms with E-state index < -0.39 is 0 Å². The Morgan fingerprint density at radius 1 is 1.00 bits per heavy atom. The maximum absolute atomic E-state index is 9.48. The lowest BCUT2D eigenvalue weighted by Crippen LogP contribution is -2.49. The summed E-state index contributed by atoms with van der Waals surface area (Å²) in [6.07, 6.45) is 4.64. The van der Waals surface area contributed by atoms with Crippen LogP contribution in [0, 0.1) is 5.92 Å². The number of piperidine rings is 2. The zero-order valence-electron chi connectivity index (χ0n) is 16.1. The highest BCUT2D eigenvalue weighted by Gasteiger charge is 2.29. The van der Waals surface area contributed by atoms with Crippen molar-refractivity contribution in [3.05, 3.63) is 6.07 Å². The maximum Gasteiger partial charge on any atom is 0.223 e. The van der Waals surface area contributed by atoms with E-state index in [9.17, 15) is 5.11 Å². The van der Waals surface area contributed by atoms with Gasteiger partial charge in [0, 0.05) is 51.4 Å². The molecular formula is C19H32N6O2. The van der Waals surface area contributed by atoms with Gasteiger partial charge in [-0.15, -0.1) is 0 Å². The maximum atomic E-state index is 9.48. The van der Waals surface area contributed by atoms with Gasteiger partial charge in [-0.1, -0.05) is 0 Å². The molecule has 0 aliphatic carbocycles. The van der Waals surface area contributed by atoms with Crippen molar-refractivity contribution in [1.29, 1.82) is 0 Å². The van der Waals surface area contributed by atoms with Gasteiger partial charge in [0.15, 0.2) is 0 Å². The van der Waals surface area contributed by atoms with E-state index in [-0.39, 0.29) is 0 Å². The number of nitrogens with two attached hydrogens (primary N) is 1. The standard InChI is InChI=1S/C19H32N6O2/c20-19-21-17(12-18(22-19)24-8-10-27-11-9-24)23-6-3-16(4-7-23)25-5-1-2-15(13-25)14-26/h12,15-16,26H,1-11,13-14H2,(H2,20,21,22)/t15-/m1/s1. The Hall–Kier alpha value is -1.64. The molecule has 0 bridgehead atoms. The third-order valence-electron chi connectivity index (χ3n) is 6.16. The fourth-order valence-electron chi connectivity index (χ4n) is 4.59. The topological polar surface area (TPSA) is 91.0 Å². The molecule has 0 aromatic carbocycles. The van der Waals surface area contributed by atoms with Crippen LogP contribution in [-0.4, -0.2) is 85.1 Å². The van der Waals surface area contributed by atoms with Crippen molar-refractivity contribution in [1.82, 2.24) is 14.9 Å². The van der Waals surface area contributed by atoms with E-state index in [2.05, 4.69) is 30.7 Å². The van der Waals surface area contributed by atoms with E-state index in [0.717, 1.165) is 76.8 Å². The van der Waals surface area contributed by atoms with Crippen LogP contribution in [0.4, 0.5) is 17.6 Å². The molecule has 27 heavy (non-hydrogen) atoms. The average Bonchev–Trinajstić information content (AvgIpc) is 2.74. The van der Waals surface area contributed by atoms with Crippen LogP contribution in [0.2, 0.25) is 0 Å². The Balaban J connectivity index is 1.38. The van der Waals surface area contributed by atoms with Gasteiger partial charge >= 0.3 is 0 Å². The highest BCUT2D eigenvalue weighted by molar-refractivity contribution is 5.54. The first-order chi connectivity index (χ1) is 13.2. The fraction of sp³-hybridized carbons (Fsp3) is 0.789. The van der Waals surface area contributed by atoms with Gasteiger partial charge in [0.05, 0.1) is 13.2 Å². The summed E-state index contributed by atoms with van der Waals surface area (Å²) < 4.78 is 5.44. The largest absolute Gasteiger partial charge is 0.396 e. The molecule has 4 heterocycles. The van der Waals surface area contributed by atoms with Crippen LogP contribution in [0.25, 0.3) is 0 Å². The summed E-state index contributed by atoms with van der Waals surface area (Å²) in [5.41, 5.74) is 6.01. The molecule has 8 nitrogen and oxygen atoms in total. The Labute approximate surface area is 161 Å². The summed E-state index contributed by atoms with van der Waals surface area (Å²) >= 11 is 0. The minimum atomic E-state index is 0.319. The normalized spacial score (nSPS) is 25.7. The monoisotopic (exact) mass is 376 g/mol. The summed E-state index contributed by atoms with van der Waals surface area (Å²) in [5, 5.41) is 9.48. The number of nitrogens with zero attached hydrogens (tertiary/aromatic N) is 5. The first kappa shape index (κ1) is 18.7. The molecule has 4 rings (SSSR count). The number of aliphatic hydroxyl groups excluding tert-OH is 1. The molecule has 3 fully saturated rings. The molecule has 150 valence electrons. The number of anilines is 3. The van der Waals surface area contributed by atoms with Crippen LogP contribution in [-0.2, 0) is 4.74 Å². The molecule has 0 radical (unpaired) electrons. The van der Waals surface area contributed by atoms with Crippen molar-refractivity contribution in [2.45, 2.75) is 31.7 Å². The van der Waals surface area contributed by atoms with Crippen LogP contribution < -0.4 is 15.5 Å². The lowest BCUT2D eigenvalue weighted by atomic mass is 9.94. The van der Waals surface area contributed by atoms with Gasteiger partial charge in [-0.2, -0.15) is 9.97 Å². The second-order valence-electron chi connectivity index (χ2n) is 7.95. The lowest BCUT2D eigenvalue weighted by Gasteiger charge is -2.42. The predicted molar refractivity (Wildman–Crippen MR) is 106 cm³/mol. The Morgan fingerprint density at radius 2 is 1.67 bits per heavy atom. The molecule has 3 aliphatic rings. The van der Waals surface area contributed by atoms with Gasteiger partial charge < -0.3 is 25.4 Å². The number of morpholine rings is 1. The van der Waals surface area contributed by atoms with Crippen LogP contribution in [0.3, 0.4) is 0 Å². The molecule has 3 aliphatic heterocycles. The highest BCUT2D eigenvalue weighted by Crippen LogP contribution is 2.27. The third kappa shape index (κ3) is 4.44. The van der Waals surface area contributed by atoms with Gasteiger partial charge in [-0.05, 0) is 38.1 Å². The van der Waals surface area contributed by atoms with Gasteiger partial charge in [0.1, 0.15) is 11.6 Å². The number of nitrogen functional groups attached to an aromatic ring is 1. The van der Waals surface area contributed by atoms with Crippen LogP contribution in [0.15, 0.2) is 6.07 Å². The molecule has 3 saturated heterocycles. The van der Waals surface area contributed by atoms with Crippen molar-refractivity contribution in [2.75, 3.05) is 74.6 Å². The first-order valence-corrected chi connectivity index (χ1v) is 10.3. The van der Waals surface area contributed by atoms with Crippen LogP contribution >= 0.6 is 0 Å². The third-order valence-corrected chi connectivity index (χ3v) is 6.16. The Kier molecular flexibility index (Phi) is 5.95. The number of likely N-dealkylation sites (tertiary alicyclic amines) is 1. The number of ether oxygens (including phenoxy) is 1. The van der Waals surface area contributed by atoms with Crippen molar-refractivity contribution < 1.29 is 9.84 Å². The average molecular weight is 377 g/mol. The molecule has 3 N–H and O–H groups in total. The van der Waals surface area contributed by atoms with Crippen LogP contribution in [0.1, 0.15) is 25.7 Å². The quantitative estimate of drug-likeness (QED) is 0.788. The van der Waals surface area contributed by atoms with Gasteiger partial charge in [0.2, 0.25) is 5.95 Å². The lowest BCUT2D eigenvalue weighted by molar-refractivity contribution is 0.0777. The summed E-state index contributed by atoms with van der Waals surface area (Å²) in [7, 11) is 0. The number of hydrogen-bond acceptors (Lipinski definition) is 8. The fourth-order valence-corrected chi connectivity index (χ4v) is 4.59. The van der Waals surface area contributed by atoms with Crippen molar-refractivity contribution >= 4 is 17.6 Å². The number of rotatable bonds is 4. The molecule has 1 aromatic rings. The molecular weight excluding hydrogens is 344 g/mol. The molecule has 1 aromatic heterocycles. The minimum Gasteiger partial charge on any atom is -0.396 e. The summed E-state index contributed by atoms with van der Waals surface area (Å²) in [6.45, 7) is 7.67. The minimum absolute atomic E-state index is 0.319. The zero-order valence-corrected chi connectivity index (χ0v) is 16.1. The second-order valence-corrected chi connectivity index (χ2v) is 7.95. The van der Waals surface area contributed by atoms with E-state index in [1.807, 2.05) is 0 Å². The van der Waals surface area contributed by atoms with Crippen molar-refractivity contribution in [2.24, 2.45) is 5.92 Å². The molecule has 1 atom stereocenters. The van der Waals surface area contributed by atoms with E-state index >= 15 is 0 Å². The molecule has 0 amide bonds. The van der Waals surface area contributed by atoms with Crippen molar-refractivity contribution in [3.63, 3.8) is 0 Å². The van der Waals surface area contributed by atoms with Gasteiger partial charge in [-0.3, -0.25) is 4.90 Å². The van der Waals surface area contributed by atoms with E-state index in [0.29, 0.717) is 24.5 Å². The molecule has 0 saturated carbocycles. The second kappa shape index (κ2) is 8.58. The van der Waals surface area contributed by atoms with E-state index in [1.54, 1.807) is 0 Å². The van der Waals surface area contributed by atoms with Crippen molar-refractivity contribution in [3.8, 4) is 0 Å². The molecule has 0 unspecified atom stereocenters. The number of hydrogen-bond donors (Lipinski definition) is 2. The summed E-state index contributed by atoms with van der Waals surface area (Å²) in [6, 6.07) is 2.69. The van der Waals surface area contributed by atoms with E-state index in [4.69, 9.17) is 10.5 Å². The number of aliphatic hydroxyl groups is 1. The van der Waals surface area contributed by atoms with Gasteiger partial charge in [0.25, 0.3) is 0 Å². The number of aromatic nitrogens is 2. The first-order valence-electron chi connectivity index (χ1n) is 10.3. The smallest absolute Gasteiger partial charge is 0.223 e. The predicted octanol–water partition coefficient (Wildman–Crippen LogP) is 0.568. The summed E-state index contributed by atoms with van der Waals surface area (Å²) in [5.74, 6) is 2.64. The molecule has 0 spiro atoms. The highest BCUT2D eigenvalue weighted by atomic mass is 16.5. The van der Waals surface area contributed by atoms with E-state index in [1.165, 1.54) is 13.0 Å². The van der Waals surface area contributed by atoms with Gasteiger partial charge in [-0.25, -0.2) is 0 Å². The SMILES string of the molecule is Nc1nc(N2CCOCC2)cc(N2CCC(N3CCC[C@@H](CO)C3)CC2)n1.